The fourth-order valence-corrected chi connectivity index (χ4v) is 4.42. The predicted molar refractivity (Wildman–Crippen MR) is 103 cm³/mol. The Morgan fingerprint density at radius 1 is 1.28 bits per heavy atom. The van der Waals surface area contributed by atoms with Crippen molar-refractivity contribution in [1.29, 1.82) is 0 Å². The Morgan fingerprint density at radius 3 is 2.66 bits per heavy atom. The molecule has 0 amide bonds. The van der Waals surface area contributed by atoms with Crippen molar-refractivity contribution in [3.8, 4) is 5.75 Å². The fourth-order valence-electron chi connectivity index (χ4n) is 3.39. The highest BCUT2D eigenvalue weighted by molar-refractivity contribution is 7.17. The first-order valence-electron chi connectivity index (χ1n) is 9.14. The van der Waals surface area contributed by atoms with Gasteiger partial charge in [0.15, 0.2) is 0 Å². The van der Waals surface area contributed by atoms with Gasteiger partial charge in [0.2, 0.25) is 0 Å². The number of halogens is 3. The smallest absolute Gasteiger partial charge is 0.433 e. The molecule has 152 valence electrons. The Hall–Kier alpha value is -2.61. The molecule has 0 bridgehead atoms. The van der Waals surface area contributed by atoms with Crippen molar-refractivity contribution in [2.24, 2.45) is 0 Å². The number of rotatable bonds is 6. The zero-order chi connectivity index (χ0) is 20.8. The number of nitrogens with zero attached hydrogens (tertiary/aromatic N) is 1. The molecular formula is C21H18F3NO3S. The summed E-state index contributed by atoms with van der Waals surface area (Å²) in [7, 11) is 0. The number of thiophene rings is 1. The second kappa shape index (κ2) is 7.33. The molecule has 0 spiro atoms. The molecule has 0 aliphatic heterocycles. The number of alkyl halides is 3. The molecule has 0 unspecified atom stereocenters. The van der Waals surface area contributed by atoms with E-state index < -0.39 is 17.8 Å². The van der Waals surface area contributed by atoms with Gasteiger partial charge in [-0.2, -0.15) is 13.2 Å². The van der Waals surface area contributed by atoms with Crippen LogP contribution in [0.2, 0.25) is 0 Å². The molecule has 1 aliphatic rings. The topological polar surface area (TPSA) is 59.4 Å². The monoisotopic (exact) mass is 421 g/mol. The lowest BCUT2D eigenvalue weighted by Crippen LogP contribution is -2.10. The van der Waals surface area contributed by atoms with Gasteiger partial charge in [-0.3, -0.25) is 4.79 Å². The van der Waals surface area contributed by atoms with Crippen LogP contribution < -0.4 is 4.74 Å². The Balaban J connectivity index is 1.60. The van der Waals surface area contributed by atoms with E-state index in [1.54, 1.807) is 0 Å². The van der Waals surface area contributed by atoms with Crippen molar-refractivity contribution < 1.29 is 27.8 Å². The first kappa shape index (κ1) is 19.7. The van der Waals surface area contributed by atoms with Gasteiger partial charge in [-0.15, -0.1) is 11.3 Å². The third-order valence-corrected chi connectivity index (χ3v) is 5.97. The molecule has 1 aromatic carbocycles. The van der Waals surface area contributed by atoms with Crippen LogP contribution in [0.3, 0.4) is 0 Å². The van der Waals surface area contributed by atoms with E-state index in [2.05, 4.69) is 4.98 Å². The van der Waals surface area contributed by atoms with Crippen molar-refractivity contribution in [3.05, 3.63) is 57.7 Å². The van der Waals surface area contributed by atoms with Gasteiger partial charge in [-0.1, -0.05) is 6.07 Å². The van der Waals surface area contributed by atoms with Gasteiger partial charge in [-0.05, 0) is 65.8 Å². The molecule has 2 aromatic heterocycles. The van der Waals surface area contributed by atoms with Crippen LogP contribution in [0.5, 0.6) is 5.75 Å². The minimum absolute atomic E-state index is 0.0175. The Bertz CT molecular complexity index is 1090. The maximum absolute atomic E-state index is 12.8. The number of aryl methyl sites for hydroxylation is 1. The fraction of sp³-hybridized carbons (Fsp3) is 0.333. The number of ether oxygens (including phenoxy) is 1. The molecule has 0 atom stereocenters. The van der Waals surface area contributed by atoms with Crippen LogP contribution in [0.1, 0.15) is 46.8 Å². The van der Waals surface area contributed by atoms with Crippen LogP contribution in [0, 0.1) is 6.92 Å². The molecule has 1 fully saturated rings. The van der Waals surface area contributed by atoms with Crippen LogP contribution >= 0.6 is 11.3 Å². The number of hydrogen-bond acceptors (Lipinski definition) is 4. The first-order valence-corrected chi connectivity index (χ1v) is 10.0. The zero-order valence-corrected chi connectivity index (χ0v) is 16.4. The average Bonchev–Trinajstić information content (AvgIpc) is 3.41. The zero-order valence-electron chi connectivity index (χ0n) is 15.5. The van der Waals surface area contributed by atoms with Gasteiger partial charge >= 0.3 is 12.1 Å². The van der Waals surface area contributed by atoms with Gasteiger partial charge in [0.25, 0.3) is 0 Å². The first-order chi connectivity index (χ1) is 13.7. The van der Waals surface area contributed by atoms with Crippen molar-refractivity contribution in [2.75, 3.05) is 0 Å². The summed E-state index contributed by atoms with van der Waals surface area (Å²) in [5.41, 5.74) is 1.86. The molecule has 1 aliphatic carbocycles. The lowest BCUT2D eigenvalue weighted by molar-refractivity contribution is -0.141. The SMILES string of the molecule is Cc1nc(C(F)(F)F)ccc1COc1cc(C2CC2)c2c(CC(=O)O)csc2c1. The summed E-state index contributed by atoms with van der Waals surface area (Å²) in [5, 5.41) is 12.0. The number of aromatic nitrogens is 1. The highest BCUT2D eigenvalue weighted by Gasteiger charge is 2.32. The van der Waals surface area contributed by atoms with Crippen LogP contribution in [0.15, 0.2) is 29.6 Å². The van der Waals surface area contributed by atoms with E-state index in [1.807, 2.05) is 17.5 Å². The third kappa shape index (κ3) is 4.22. The number of fused-ring (bicyclic) bond motifs is 1. The summed E-state index contributed by atoms with van der Waals surface area (Å²) in [5.74, 6) is 0.164. The summed E-state index contributed by atoms with van der Waals surface area (Å²) < 4.78 is 45.2. The number of pyridine rings is 1. The quantitative estimate of drug-likeness (QED) is 0.554. The molecule has 3 aromatic rings. The van der Waals surface area contributed by atoms with E-state index >= 15 is 0 Å². The van der Waals surface area contributed by atoms with Gasteiger partial charge in [0.1, 0.15) is 18.1 Å². The van der Waals surface area contributed by atoms with Crippen LogP contribution in [0.25, 0.3) is 10.1 Å². The number of carboxylic acids is 1. The van der Waals surface area contributed by atoms with E-state index in [1.165, 1.54) is 24.3 Å². The lowest BCUT2D eigenvalue weighted by Gasteiger charge is -2.13. The number of benzene rings is 1. The maximum atomic E-state index is 12.8. The third-order valence-electron chi connectivity index (χ3n) is 4.99. The number of carbonyl (C=O) groups is 1. The molecular weight excluding hydrogens is 403 g/mol. The lowest BCUT2D eigenvalue weighted by atomic mass is 10.0. The molecule has 4 nitrogen and oxygen atoms in total. The summed E-state index contributed by atoms with van der Waals surface area (Å²) in [6, 6.07) is 6.15. The molecule has 1 N–H and O–H groups in total. The second-order valence-corrected chi connectivity index (χ2v) is 8.13. The summed E-state index contributed by atoms with van der Waals surface area (Å²) in [6.45, 7) is 1.64. The largest absolute Gasteiger partial charge is 0.489 e. The molecule has 29 heavy (non-hydrogen) atoms. The van der Waals surface area contributed by atoms with Gasteiger partial charge < -0.3 is 9.84 Å². The maximum Gasteiger partial charge on any atom is 0.433 e. The summed E-state index contributed by atoms with van der Waals surface area (Å²) >= 11 is 1.48. The van der Waals surface area contributed by atoms with Crippen molar-refractivity contribution >= 4 is 27.4 Å². The minimum Gasteiger partial charge on any atom is -0.489 e. The second-order valence-electron chi connectivity index (χ2n) is 7.22. The summed E-state index contributed by atoms with van der Waals surface area (Å²) in [6.07, 6.45) is -2.37. The van der Waals surface area contributed by atoms with Crippen LogP contribution in [-0.4, -0.2) is 16.1 Å². The standard InChI is InChI=1S/C21H18F3NO3S/c1-11-13(4-5-18(25-11)21(22,23)24)9-28-15-7-16(12-2-3-12)20-14(6-19(26)27)10-29-17(20)8-15/h4-5,7-8,10,12H,2-3,6,9H2,1H3,(H,26,27). The van der Waals surface area contributed by atoms with Gasteiger partial charge in [0, 0.05) is 16.0 Å². The van der Waals surface area contributed by atoms with E-state index in [4.69, 9.17) is 9.84 Å². The highest BCUT2D eigenvalue weighted by atomic mass is 32.1. The van der Waals surface area contributed by atoms with Gasteiger partial charge in [-0.25, -0.2) is 4.98 Å². The number of carboxylic acid groups (broad SMARTS) is 1. The Labute approximate surface area is 169 Å². The molecule has 1 saturated carbocycles. The van der Waals surface area contributed by atoms with Crippen molar-refractivity contribution in [3.63, 3.8) is 0 Å². The molecule has 2 heterocycles. The molecule has 4 rings (SSSR count). The van der Waals surface area contributed by atoms with Gasteiger partial charge in [0.05, 0.1) is 6.42 Å². The van der Waals surface area contributed by atoms with E-state index in [0.29, 0.717) is 17.2 Å². The molecule has 8 heteroatoms. The Kier molecular flexibility index (Phi) is 4.98. The Morgan fingerprint density at radius 2 is 2.03 bits per heavy atom. The number of hydrogen-bond donors (Lipinski definition) is 1. The highest BCUT2D eigenvalue weighted by Crippen LogP contribution is 2.47. The van der Waals surface area contributed by atoms with E-state index in [9.17, 15) is 18.0 Å². The average molecular weight is 421 g/mol. The van der Waals surface area contributed by atoms with Crippen molar-refractivity contribution in [1.82, 2.24) is 4.98 Å². The van der Waals surface area contributed by atoms with Crippen molar-refractivity contribution in [2.45, 2.75) is 44.9 Å². The predicted octanol–water partition coefficient (Wildman–Crippen LogP) is 5.71. The normalized spacial score (nSPS) is 14.3. The van der Waals surface area contributed by atoms with E-state index in [0.717, 1.165) is 40.1 Å². The van der Waals surface area contributed by atoms with Crippen LogP contribution in [0.4, 0.5) is 13.2 Å². The van der Waals surface area contributed by atoms with E-state index in [-0.39, 0.29) is 18.7 Å². The molecule has 0 radical (unpaired) electrons. The number of aliphatic carboxylic acids is 1. The molecule has 0 saturated heterocycles. The van der Waals surface area contributed by atoms with Crippen LogP contribution in [-0.2, 0) is 24.0 Å². The minimum atomic E-state index is -4.47. The summed E-state index contributed by atoms with van der Waals surface area (Å²) in [4.78, 5) is 14.8.